The summed E-state index contributed by atoms with van der Waals surface area (Å²) >= 11 is 0. The number of aryl methyl sites for hydroxylation is 2. The highest BCUT2D eigenvalue weighted by Crippen LogP contribution is 2.38. The number of ether oxygens (including phenoxy) is 3. The van der Waals surface area contributed by atoms with Gasteiger partial charge < -0.3 is 24.0 Å². The molecular formula is C36H44N2O6S. The predicted octanol–water partition coefficient (Wildman–Crippen LogP) is 6.12. The fourth-order valence-corrected chi connectivity index (χ4v) is 8.70. The molecule has 6 rings (SSSR count). The molecule has 0 aromatic heterocycles. The average Bonchev–Trinajstić information content (AvgIpc) is 3.49. The van der Waals surface area contributed by atoms with Gasteiger partial charge in [0.25, 0.3) is 5.91 Å². The fraction of sp³-hybridized carbons (Fsp3) is 0.472. The second kappa shape index (κ2) is 13.0. The largest absolute Gasteiger partial charge is 0.495 e. The summed E-state index contributed by atoms with van der Waals surface area (Å²) in [6.45, 7) is 7.46. The van der Waals surface area contributed by atoms with Crippen LogP contribution >= 0.6 is 0 Å². The van der Waals surface area contributed by atoms with Gasteiger partial charge in [0.05, 0.1) is 25.0 Å². The maximum atomic E-state index is 13.9. The van der Waals surface area contributed by atoms with Gasteiger partial charge >= 0.3 is 0 Å². The van der Waals surface area contributed by atoms with Crippen molar-refractivity contribution in [2.75, 3.05) is 44.8 Å². The van der Waals surface area contributed by atoms with Crippen LogP contribution in [0.25, 0.3) is 0 Å². The second-order valence-corrected chi connectivity index (χ2v) is 14.8. The molecule has 8 nitrogen and oxygen atoms in total. The van der Waals surface area contributed by atoms with Crippen molar-refractivity contribution in [1.82, 2.24) is 4.90 Å². The van der Waals surface area contributed by atoms with E-state index in [0.29, 0.717) is 36.6 Å². The number of amides is 1. The van der Waals surface area contributed by atoms with Crippen LogP contribution in [0.15, 0.2) is 65.6 Å². The number of likely N-dealkylation sites (tertiary alicyclic amines) is 1. The maximum Gasteiger partial charge on any atom is 0.254 e. The summed E-state index contributed by atoms with van der Waals surface area (Å²) in [6, 6.07) is 18.6. The minimum Gasteiger partial charge on any atom is -0.495 e. The number of carbonyl (C=O) groups excluding carboxylic acids is 1. The van der Waals surface area contributed by atoms with Gasteiger partial charge in [-0.2, -0.15) is 0 Å². The van der Waals surface area contributed by atoms with Crippen molar-refractivity contribution in [3.8, 4) is 11.5 Å². The Balaban J connectivity index is 1.14. The molecule has 0 saturated carbocycles. The lowest BCUT2D eigenvalue weighted by atomic mass is 9.85. The topological polar surface area (TPSA) is 85.4 Å². The number of carbonyl (C=O) groups is 1. The highest BCUT2D eigenvalue weighted by molar-refractivity contribution is 7.90. The highest BCUT2D eigenvalue weighted by atomic mass is 32.2. The van der Waals surface area contributed by atoms with Crippen molar-refractivity contribution in [2.45, 2.75) is 74.7 Å². The molecule has 0 radical (unpaired) electrons. The molecule has 3 aliphatic rings. The van der Waals surface area contributed by atoms with E-state index in [2.05, 4.69) is 4.90 Å². The van der Waals surface area contributed by atoms with E-state index < -0.39 is 9.84 Å². The molecule has 1 spiro atoms. The third-order valence-corrected chi connectivity index (χ3v) is 11.2. The summed E-state index contributed by atoms with van der Waals surface area (Å²) in [6.07, 6.45) is 5.93. The summed E-state index contributed by atoms with van der Waals surface area (Å²) in [5.41, 5.74) is 4.07. The Kier molecular flexibility index (Phi) is 9.11. The smallest absolute Gasteiger partial charge is 0.254 e. The normalized spacial score (nSPS) is 22.1. The van der Waals surface area contributed by atoms with Crippen LogP contribution in [0, 0.1) is 13.8 Å². The minimum atomic E-state index is -3.74. The number of methoxy groups -OCH3 is 1. The van der Waals surface area contributed by atoms with Gasteiger partial charge in [-0.25, -0.2) is 8.42 Å². The molecule has 3 aromatic rings. The van der Waals surface area contributed by atoms with E-state index in [1.54, 1.807) is 24.3 Å². The molecule has 0 bridgehead atoms. The second-order valence-electron chi connectivity index (χ2n) is 12.8. The van der Waals surface area contributed by atoms with E-state index in [-0.39, 0.29) is 28.3 Å². The monoisotopic (exact) mass is 632 g/mol. The Bertz CT molecular complexity index is 1620. The van der Waals surface area contributed by atoms with E-state index in [9.17, 15) is 13.2 Å². The van der Waals surface area contributed by atoms with Gasteiger partial charge in [0.15, 0.2) is 9.84 Å². The van der Waals surface area contributed by atoms with Gasteiger partial charge in [-0.15, -0.1) is 0 Å². The molecule has 1 amide bonds. The highest BCUT2D eigenvalue weighted by Gasteiger charge is 2.38. The van der Waals surface area contributed by atoms with Gasteiger partial charge in [0.2, 0.25) is 0 Å². The number of anilines is 1. The molecular weight excluding hydrogens is 588 g/mol. The SMILES string of the molecule is COc1ccc(N2CCCC3(CCCCO3)C2)cc1S(=O)(=O)Cc1cccc(O[C@H]2CCN(C(=O)c3c(C)cccc3C)C2)c1. The Morgan fingerprint density at radius 1 is 0.978 bits per heavy atom. The lowest BCUT2D eigenvalue weighted by molar-refractivity contribution is -0.0846. The molecule has 3 aromatic carbocycles. The van der Waals surface area contributed by atoms with Crippen LogP contribution < -0.4 is 14.4 Å². The predicted molar refractivity (Wildman–Crippen MR) is 175 cm³/mol. The van der Waals surface area contributed by atoms with E-state index in [1.807, 2.05) is 55.1 Å². The first-order valence-corrected chi connectivity index (χ1v) is 17.7. The Morgan fingerprint density at radius 3 is 2.51 bits per heavy atom. The Hall–Kier alpha value is -3.56. The Morgan fingerprint density at radius 2 is 1.76 bits per heavy atom. The van der Waals surface area contributed by atoms with Crippen molar-refractivity contribution in [3.63, 3.8) is 0 Å². The van der Waals surface area contributed by atoms with Crippen molar-refractivity contribution in [1.29, 1.82) is 0 Å². The van der Waals surface area contributed by atoms with Crippen molar-refractivity contribution >= 4 is 21.4 Å². The summed E-state index contributed by atoms with van der Waals surface area (Å²) in [4.78, 5) is 17.6. The number of rotatable bonds is 8. The van der Waals surface area contributed by atoms with Gasteiger partial charge in [0, 0.05) is 43.9 Å². The van der Waals surface area contributed by atoms with Crippen molar-refractivity contribution < 1.29 is 27.4 Å². The van der Waals surface area contributed by atoms with E-state index >= 15 is 0 Å². The molecule has 3 saturated heterocycles. The molecule has 0 aliphatic carbocycles. The summed E-state index contributed by atoms with van der Waals surface area (Å²) in [5, 5.41) is 0. The summed E-state index contributed by atoms with van der Waals surface area (Å²) in [5.74, 6) is 0.782. The lowest BCUT2D eigenvalue weighted by Crippen LogP contribution is -2.51. The molecule has 240 valence electrons. The van der Waals surface area contributed by atoms with Gasteiger partial charge in [-0.05, 0) is 93.0 Å². The number of sulfone groups is 1. The zero-order valence-electron chi connectivity index (χ0n) is 26.6. The van der Waals surface area contributed by atoms with E-state index in [4.69, 9.17) is 14.2 Å². The number of piperidine rings is 1. The maximum absolute atomic E-state index is 13.9. The van der Waals surface area contributed by atoms with Gasteiger partial charge in [-0.1, -0.05) is 30.3 Å². The molecule has 3 fully saturated rings. The van der Waals surface area contributed by atoms with Crippen LogP contribution in [0.5, 0.6) is 11.5 Å². The fourth-order valence-electron chi connectivity index (χ4n) is 7.17. The lowest BCUT2D eigenvalue weighted by Gasteiger charge is -2.45. The van der Waals surface area contributed by atoms with Gasteiger partial charge in [0.1, 0.15) is 22.5 Å². The molecule has 45 heavy (non-hydrogen) atoms. The Labute approximate surface area is 267 Å². The number of benzene rings is 3. The van der Waals surface area contributed by atoms with Crippen molar-refractivity contribution in [3.05, 3.63) is 82.9 Å². The number of nitrogens with zero attached hydrogens (tertiary/aromatic N) is 2. The third-order valence-electron chi connectivity index (χ3n) is 9.51. The first-order chi connectivity index (χ1) is 21.7. The summed E-state index contributed by atoms with van der Waals surface area (Å²) < 4.78 is 45.8. The average molecular weight is 633 g/mol. The molecule has 2 atom stereocenters. The van der Waals surface area contributed by atoms with Crippen LogP contribution in [0.3, 0.4) is 0 Å². The van der Waals surface area contributed by atoms with Crippen molar-refractivity contribution in [2.24, 2.45) is 0 Å². The standard InChI is InChI=1S/C36H44N2O6S/c1-26-9-6-10-27(2)34(26)35(39)37-19-15-31(23-37)44-30-12-7-11-28(21-30)24-45(40,41)33-22-29(13-14-32(33)42-3)38-18-8-17-36(25-38)16-4-5-20-43-36/h6-7,9-14,21-22,31H,4-5,8,15-20,23-25H2,1-3H3/t31-,36?/m0/s1. The van der Waals surface area contributed by atoms with E-state index in [0.717, 1.165) is 67.8 Å². The zero-order chi connectivity index (χ0) is 31.6. The molecule has 0 N–H and O–H groups in total. The molecule has 1 unspecified atom stereocenters. The zero-order valence-corrected chi connectivity index (χ0v) is 27.4. The number of hydrogen-bond donors (Lipinski definition) is 0. The van der Waals surface area contributed by atoms with Crippen LogP contribution in [0.4, 0.5) is 5.69 Å². The van der Waals surface area contributed by atoms with Crippen LogP contribution in [-0.4, -0.2) is 70.8 Å². The van der Waals surface area contributed by atoms with Crippen LogP contribution in [-0.2, 0) is 20.3 Å². The third kappa shape index (κ3) is 6.84. The first-order valence-electron chi connectivity index (χ1n) is 16.1. The van der Waals surface area contributed by atoms with Crippen LogP contribution in [0.2, 0.25) is 0 Å². The van der Waals surface area contributed by atoms with Gasteiger partial charge in [-0.3, -0.25) is 4.79 Å². The minimum absolute atomic E-state index is 0.0266. The first kappa shape index (κ1) is 31.4. The molecule has 3 heterocycles. The van der Waals surface area contributed by atoms with E-state index in [1.165, 1.54) is 13.5 Å². The molecule has 9 heteroatoms. The number of hydrogen-bond acceptors (Lipinski definition) is 7. The summed E-state index contributed by atoms with van der Waals surface area (Å²) in [7, 11) is -2.24. The van der Waals surface area contributed by atoms with Crippen LogP contribution in [0.1, 0.15) is 65.6 Å². The molecule has 3 aliphatic heterocycles. The quantitative estimate of drug-likeness (QED) is 0.296.